The van der Waals surface area contributed by atoms with Gasteiger partial charge in [-0.2, -0.15) is 0 Å². The Morgan fingerprint density at radius 2 is 2.08 bits per heavy atom. The minimum Gasteiger partial charge on any atom is -0.444 e. The molecule has 1 aromatic carbocycles. The molecule has 2 unspecified atom stereocenters. The number of ether oxygens (including phenoxy) is 1. The van der Waals surface area contributed by atoms with Crippen LogP contribution in [-0.4, -0.2) is 27.6 Å². The fourth-order valence-electron chi connectivity index (χ4n) is 4.16. The van der Waals surface area contributed by atoms with Crippen molar-refractivity contribution in [1.82, 2.24) is 9.88 Å². The number of hydrogen-bond acceptors (Lipinski definition) is 3. The summed E-state index contributed by atoms with van der Waals surface area (Å²) >= 11 is 6.06. The standard InChI is InChI=1S/C19H20ClFN2O3/c1-19(2,3)26-18(25)23-10-4-5-14(23)15-11-6-9(20)7-13(21)16(11)22-17(24)12(15)8-10/h6-7,10,14H,4-5,8H2,1-3H3,(H,22,24). The smallest absolute Gasteiger partial charge is 0.411 e. The molecule has 2 aliphatic rings. The summed E-state index contributed by atoms with van der Waals surface area (Å²) in [5.41, 5.74) is 0.543. The van der Waals surface area contributed by atoms with Gasteiger partial charge in [0.1, 0.15) is 11.4 Å². The predicted molar refractivity (Wildman–Crippen MR) is 97.1 cm³/mol. The van der Waals surface area contributed by atoms with Crippen LogP contribution < -0.4 is 5.56 Å². The van der Waals surface area contributed by atoms with E-state index in [0.717, 1.165) is 6.42 Å². The van der Waals surface area contributed by atoms with Crippen molar-refractivity contribution in [3.8, 4) is 0 Å². The van der Waals surface area contributed by atoms with Crippen molar-refractivity contribution in [2.24, 2.45) is 0 Å². The third-order valence-electron chi connectivity index (χ3n) is 5.06. The highest BCUT2D eigenvalue weighted by atomic mass is 35.5. The largest absolute Gasteiger partial charge is 0.444 e. The van der Waals surface area contributed by atoms with Crippen LogP contribution in [0.2, 0.25) is 5.02 Å². The third-order valence-corrected chi connectivity index (χ3v) is 5.28. The zero-order valence-electron chi connectivity index (χ0n) is 14.9. The highest BCUT2D eigenvalue weighted by molar-refractivity contribution is 6.31. The van der Waals surface area contributed by atoms with E-state index in [1.54, 1.807) is 11.0 Å². The average molecular weight is 379 g/mol. The number of aromatic amines is 1. The Morgan fingerprint density at radius 1 is 1.35 bits per heavy atom. The number of carbonyl (C=O) groups is 1. The maximum Gasteiger partial charge on any atom is 0.411 e. The molecule has 2 aliphatic heterocycles. The highest BCUT2D eigenvalue weighted by Gasteiger charge is 2.46. The van der Waals surface area contributed by atoms with Crippen LogP contribution in [0, 0.1) is 5.82 Å². The number of benzene rings is 1. The van der Waals surface area contributed by atoms with Crippen LogP contribution in [-0.2, 0) is 11.2 Å². The zero-order chi connectivity index (χ0) is 18.8. The summed E-state index contributed by atoms with van der Waals surface area (Å²) in [5, 5.41) is 0.816. The minimum atomic E-state index is -0.609. The van der Waals surface area contributed by atoms with Gasteiger partial charge in [-0.1, -0.05) is 11.6 Å². The van der Waals surface area contributed by atoms with Crippen molar-refractivity contribution >= 4 is 28.6 Å². The lowest BCUT2D eigenvalue weighted by molar-refractivity contribution is 0.0126. The monoisotopic (exact) mass is 378 g/mol. The molecule has 3 heterocycles. The molecule has 2 bridgehead atoms. The van der Waals surface area contributed by atoms with Crippen LogP contribution in [0.5, 0.6) is 0 Å². The van der Waals surface area contributed by atoms with Crippen molar-refractivity contribution in [2.45, 2.75) is 57.7 Å². The van der Waals surface area contributed by atoms with E-state index >= 15 is 0 Å². The van der Waals surface area contributed by atoms with Gasteiger partial charge in [-0.3, -0.25) is 9.69 Å². The fourth-order valence-corrected chi connectivity index (χ4v) is 4.37. The van der Waals surface area contributed by atoms with Crippen molar-refractivity contribution in [3.63, 3.8) is 0 Å². The summed E-state index contributed by atoms with van der Waals surface area (Å²) in [4.78, 5) is 29.7. The first kappa shape index (κ1) is 17.3. The highest BCUT2D eigenvalue weighted by Crippen LogP contribution is 2.46. The zero-order valence-corrected chi connectivity index (χ0v) is 15.6. The molecule has 1 fully saturated rings. The van der Waals surface area contributed by atoms with Crippen LogP contribution in [0.15, 0.2) is 16.9 Å². The Bertz CT molecular complexity index is 979. The first-order valence-corrected chi connectivity index (χ1v) is 9.08. The van der Waals surface area contributed by atoms with Crippen molar-refractivity contribution in [2.75, 3.05) is 0 Å². The molecular weight excluding hydrogens is 359 g/mol. The predicted octanol–water partition coefficient (Wildman–Crippen LogP) is 4.32. The molecule has 4 rings (SSSR count). The first-order valence-electron chi connectivity index (χ1n) is 8.71. The Balaban J connectivity index is 1.90. The topological polar surface area (TPSA) is 62.4 Å². The summed E-state index contributed by atoms with van der Waals surface area (Å²) in [6, 6.07) is 2.45. The van der Waals surface area contributed by atoms with E-state index in [-0.39, 0.29) is 28.2 Å². The van der Waals surface area contributed by atoms with E-state index in [2.05, 4.69) is 4.98 Å². The van der Waals surface area contributed by atoms with Gasteiger partial charge in [0.25, 0.3) is 5.56 Å². The molecule has 138 valence electrons. The average Bonchev–Trinajstić information content (AvgIpc) is 2.81. The number of fused-ring (bicyclic) bond motifs is 6. The van der Waals surface area contributed by atoms with Crippen LogP contribution in [0.4, 0.5) is 9.18 Å². The maximum absolute atomic E-state index is 14.4. The molecule has 1 saturated heterocycles. The summed E-state index contributed by atoms with van der Waals surface area (Å²) < 4.78 is 19.9. The van der Waals surface area contributed by atoms with Gasteiger partial charge >= 0.3 is 6.09 Å². The van der Waals surface area contributed by atoms with Gasteiger partial charge < -0.3 is 9.72 Å². The maximum atomic E-state index is 14.4. The Morgan fingerprint density at radius 3 is 2.77 bits per heavy atom. The SMILES string of the molecule is CC(C)(C)OC(=O)N1C2CCC1c1c(c(=O)[nH]c3c(F)cc(Cl)cc13)C2. The Labute approximate surface area is 155 Å². The molecule has 26 heavy (non-hydrogen) atoms. The van der Waals surface area contributed by atoms with Crippen LogP contribution in [0.1, 0.15) is 50.8 Å². The molecule has 1 amide bonds. The Kier molecular flexibility index (Phi) is 3.81. The van der Waals surface area contributed by atoms with Gasteiger partial charge in [0.15, 0.2) is 0 Å². The number of nitrogens with one attached hydrogen (secondary N) is 1. The molecular formula is C19H20ClFN2O3. The summed E-state index contributed by atoms with van der Waals surface area (Å²) in [7, 11) is 0. The van der Waals surface area contributed by atoms with E-state index < -0.39 is 17.5 Å². The van der Waals surface area contributed by atoms with Crippen LogP contribution >= 0.6 is 11.6 Å². The second kappa shape index (κ2) is 5.71. The van der Waals surface area contributed by atoms with E-state index in [0.29, 0.717) is 29.4 Å². The molecule has 1 N–H and O–H groups in total. The van der Waals surface area contributed by atoms with Gasteiger partial charge in [0.2, 0.25) is 0 Å². The molecule has 0 saturated carbocycles. The van der Waals surface area contributed by atoms with Crippen LogP contribution in [0.25, 0.3) is 10.9 Å². The molecule has 2 atom stereocenters. The van der Waals surface area contributed by atoms with E-state index in [9.17, 15) is 14.0 Å². The lowest BCUT2D eigenvalue weighted by Crippen LogP contribution is -2.46. The van der Waals surface area contributed by atoms with Crippen LogP contribution in [0.3, 0.4) is 0 Å². The molecule has 0 aliphatic carbocycles. The summed E-state index contributed by atoms with van der Waals surface area (Å²) in [6.45, 7) is 5.46. The van der Waals surface area contributed by atoms with Gasteiger partial charge in [0, 0.05) is 22.0 Å². The van der Waals surface area contributed by atoms with Gasteiger partial charge in [0.05, 0.1) is 11.6 Å². The minimum absolute atomic E-state index is 0.0788. The molecule has 0 spiro atoms. The van der Waals surface area contributed by atoms with E-state index in [1.807, 2.05) is 20.8 Å². The molecule has 5 nitrogen and oxygen atoms in total. The molecule has 7 heteroatoms. The second-order valence-electron chi connectivity index (χ2n) is 8.00. The van der Waals surface area contributed by atoms with Gasteiger partial charge in [-0.15, -0.1) is 0 Å². The molecule has 1 aromatic heterocycles. The number of rotatable bonds is 0. The number of pyridine rings is 1. The number of carbonyl (C=O) groups excluding carboxylic acids is 1. The number of aromatic nitrogens is 1. The number of H-pyrrole nitrogens is 1. The quantitative estimate of drug-likeness (QED) is 0.742. The van der Waals surface area contributed by atoms with Gasteiger partial charge in [-0.25, -0.2) is 9.18 Å². The van der Waals surface area contributed by atoms with Crippen molar-refractivity contribution < 1.29 is 13.9 Å². The van der Waals surface area contributed by atoms with E-state index in [1.165, 1.54) is 6.07 Å². The summed E-state index contributed by atoms with van der Waals surface area (Å²) in [5.74, 6) is -0.573. The number of amides is 1. The van der Waals surface area contributed by atoms with Crippen molar-refractivity contribution in [1.29, 1.82) is 0 Å². The third kappa shape index (κ3) is 2.67. The number of halogens is 2. The normalized spacial score (nSPS) is 21.8. The lowest BCUT2D eigenvalue weighted by atomic mass is 9.91. The van der Waals surface area contributed by atoms with E-state index in [4.69, 9.17) is 16.3 Å². The lowest BCUT2D eigenvalue weighted by Gasteiger charge is -2.37. The van der Waals surface area contributed by atoms with Crippen molar-refractivity contribution in [3.05, 3.63) is 44.5 Å². The fraction of sp³-hybridized carbons (Fsp3) is 0.474. The van der Waals surface area contributed by atoms with Gasteiger partial charge in [-0.05, 0) is 57.7 Å². The first-order chi connectivity index (χ1) is 12.2. The molecule has 2 aromatic rings. The number of nitrogens with zero attached hydrogens (tertiary/aromatic N) is 1. The second-order valence-corrected chi connectivity index (χ2v) is 8.43. The molecule has 0 radical (unpaired) electrons. The Hall–Kier alpha value is -2.08. The summed E-state index contributed by atoms with van der Waals surface area (Å²) in [6.07, 6.45) is 1.53. The number of hydrogen-bond donors (Lipinski definition) is 1.